The monoisotopic (exact) mass is 286 g/mol. The van der Waals surface area contributed by atoms with Crippen LogP contribution < -0.4 is 10.6 Å². The van der Waals surface area contributed by atoms with Crippen LogP contribution in [0.15, 0.2) is 24.3 Å². The molecule has 112 valence electrons. The first-order valence-corrected chi connectivity index (χ1v) is 6.41. The van der Waals surface area contributed by atoms with Crippen LogP contribution in [0.25, 0.3) is 0 Å². The lowest BCUT2D eigenvalue weighted by molar-refractivity contribution is -0.122. The van der Waals surface area contributed by atoms with Crippen molar-refractivity contribution in [2.75, 3.05) is 20.3 Å². The zero-order chi connectivity index (χ0) is 15.0. The fourth-order valence-corrected chi connectivity index (χ4v) is 1.63. The summed E-state index contributed by atoms with van der Waals surface area (Å²) in [5.74, 6) is -0.146. The molecule has 1 aromatic carbocycles. The number of carbonyl (C=O) groups is 1. The number of hydrogen-bond donors (Lipinski definition) is 2. The second-order valence-electron chi connectivity index (χ2n) is 4.43. The molecule has 1 rings (SSSR count). The lowest BCUT2D eigenvalue weighted by Gasteiger charge is -2.14. The summed E-state index contributed by atoms with van der Waals surface area (Å²) in [7, 11) is 1.56. The van der Waals surface area contributed by atoms with Gasteiger partial charge in [0.25, 0.3) is 6.43 Å². The van der Waals surface area contributed by atoms with Gasteiger partial charge in [0.15, 0.2) is 0 Å². The van der Waals surface area contributed by atoms with Gasteiger partial charge in [-0.25, -0.2) is 8.78 Å². The Hall–Kier alpha value is -1.53. The number of rotatable bonds is 8. The van der Waals surface area contributed by atoms with Crippen LogP contribution in [0.2, 0.25) is 0 Å². The van der Waals surface area contributed by atoms with Gasteiger partial charge >= 0.3 is 0 Å². The van der Waals surface area contributed by atoms with E-state index in [2.05, 4.69) is 10.6 Å². The van der Waals surface area contributed by atoms with E-state index in [0.717, 1.165) is 5.56 Å². The van der Waals surface area contributed by atoms with Crippen molar-refractivity contribution in [1.82, 2.24) is 10.6 Å². The number of hydrogen-bond acceptors (Lipinski definition) is 3. The maximum atomic E-state index is 12.6. The second kappa shape index (κ2) is 8.60. The minimum atomic E-state index is -2.48. The van der Waals surface area contributed by atoms with Crippen LogP contribution in [0.3, 0.4) is 0 Å². The Bertz CT molecular complexity index is 427. The molecule has 0 bridgehead atoms. The van der Waals surface area contributed by atoms with E-state index in [1.807, 2.05) is 0 Å². The third kappa shape index (κ3) is 5.63. The van der Waals surface area contributed by atoms with E-state index in [4.69, 9.17) is 4.74 Å². The van der Waals surface area contributed by atoms with E-state index in [-0.39, 0.29) is 11.5 Å². The fourth-order valence-electron chi connectivity index (χ4n) is 1.63. The van der Waals surface area contributed by atoms with Crippen molar-refractivity contribution < 1.29 is 18.3 Å². The van der Waals surface area contributed by atoms with Gasteiger partial charge in [-0.15, -0.1) is 0 Å². The van der Waals surface area contributed by atoms with Crippen LogP contribution in [0.5, 0.6) is 0 Å². The number of benzene rings is 1. The van der Waals surface area contributed by atoms with Crippen molar-refractivity contribution in [3.8, 4) is 0 Å². The number of methoxy groups -OCH3 is 1. The van der Waals surface area contributed by atoms with Crippen molar-refractivity contribution in [3.05, 3.63) is 35.4 Å². The van der Waals surface area contributed by atoms with Gasteiger partial charge in [0.2, 0.25) is 5.91 Å². The lowest BCUT2D eigenvalue weighted by Crippen LogP contribution is -2.42. The molecule has 0 heterocycles. The SMILES string of the molecule is COCCNC(=O)C(C)NCc1cccc(C(F)F)c1. The Morgan fingerprint density at radius 3 is 2.80 bits per heavy atom. The number of halogens is 2. The Kier molecular flexibility index (Phi) is 7.11. The summed E-state index contributed by atoms with van der Waals surface area (Å²) >= 11 is 0. The molecule has 0 aliphatic rings. The third-order valence-electron chi connectivity index (χ3n) is 2.81. The maximum absolute atomic E-state index is 12.6. The van der Waals surface area contributed by atoms with Gasteiger partial charge in [0.1, 0.15) is 0 Å². The highest BCUT2D eigenvalue weighted by molar-refractivity contribution is 5.81. The molecule has 1 unspecified atom stereocenters. The second-order valence-corrected chi connectivity index (χ2v) is 4.43. The molecule has 1 atom stereocenters. The van der Waals surface area contributed by atoms with Crippen molar-refractivity contribution in [3.63, 3.8) is 0 Å². The quantitative estimate of drug-likeness (QED) is 0.717. The zero-order valence-electron chi connectivity index (χ0n) is 11.7. The topological polar surface area (TPSA) is 50.4 Å². The molecule has 0 saturated heterocycles. The summed E-state index contributed by atoms with van der Waals surface area (Å²) in [6, 6.07) is 5.75. The standard InChI is InChI=1S/C14H20F2N2O2/c1-10(14(19)17-6-7-20-2)18-9-11-4-3-5-12(8-11)13(15)16/h3-5,8,10,13,18H,6-7,9H2,1-2H3,(H,17,19). The Labute approximate surface area is 117 Å². The van der Waals surface area contributed by atoms with Crippen LogP contribution in [0.4, 0.5) is 8.78 Å². The van der Waals surface area contributed by atoms with Gasteiger partial charge in [-0.1, -0.05) is 18.2 Å². The minimum Gasteiger partial charge on any atom is -0.383 e. The largest absolute Gasteiger partial charge is 0.383 e. The molecular formula is C14H20F2N2O2. The van der Waals surface area contributed by atoms with E-state index in [9.17, 15) is 13.6 Å². The van der Waals surface area contributed by atoms with Crippen LogP contribution in [0, 0.1) is 0 Å². The van der Waals surface area contributed by atoms with Crippen molar-refractivity contribution >= 4 is 5.91 Å². The zero-order valence-corrected chi connectivity index (χ0v) is 11.7. The summed E-state index contributed by atoms with van der Waals surface area (Å²) in [6.07, 6.45) is -2.48. The first-order valence-electron chi connectivity index (χ1n) is 6.41. The average Bonchev–Trinajstić information content (AvgIpc) is 2.45. The molecule has 2 N–H and O–H groups in total. The molecule has 0 aromatic heterocycles. The molecule has 0 saturated carbocycles. The Balaban J connectivity index is 2.42. The highest BCUT2D eigenvalue weighted by atomic mass is 19.3. The summed E-state index contributed by atoms with van der Waals surface area (Å²) in [6.45, 7) is 2.98. The Morgan fingerprint density at radius 2 is 2.15 bits per heavy atom. The molecular weight excluding hydrogens is 266 g/mol. The van der Waals surface area contributed by atoms with Crippen molar-refractivity contribution in [2.45, 2.75) is 25.9 Å². The third-order valence-corrected chi connectivity index (χ3v) is 2.81. The van der Waals surface area contributed by atoms with Gasteiger partial charge < -0.3 is 15.4 Å². The molecule has 0 radical (unpaired) electrons. The number of alkyl halides is 2. The molecule has 1 aromatic rings. The first-order chi connectivity index (χ1) is 9.54. The number of carbonyl (C=O) groups excluding carboxylic acids is 1. The van der Waals surface area contributed by atoms with E-state index in [1.54, 1.807) is 26.2 Å². The van der Waals surface area contributed by atoms with E-state index >= 15 is 0 Å². The van der Waals surface area contributed by atoms with Crippen LogP contribution in [-0.4, -0.2) is 32.2 Å². The van der Waals surface area contributed by atoms with Crippen molar-refractivity contribution in [2.24, 2.45) is 0 Å². The predicted octanol–water partition coefficient (Wildman–Crippen LogP) is 1.86. The van der Waals surface area contributed by atoms with E-state index in [0.29, 0.717) is 19.7 Å². The van der Waals surface area contributed by atoms with Gasteiger partial charge in [0.05, 0.1) is 12.6 Å². The molecule has 20 heavy (non-hydrogen) atoms. The number of nitrogens with one attached hydrogen (secondary N) is 2. The molecule has 0 spiro atoms. The van der Waals surface area contributed by atoms with Gasteiger partial charge in [-0.2, -0.15) is 0 Å². The molecule has 4 nitrogen and oxygen atoms in total. The lowest BCUT2D eigenvalue weighted by atomic mass is 10.1. The number of amides is 1. The minimum absolute atomic E-state index is 0.0125. The summed E-state index contributed by atoms with van der Waals surface area (Å²) < 4.78 is 29.9. The van der Waals surface area contributed by atoms with Crippen LogP contribution >= 0.6 is 0 Å². The van der Waals surface area contributed by atoms with Gasteiger partial charge in [0, 0.05) is 25.8 Å². The number of ether oxygens (including phenoxy) is 1. The van der Waals surface area contributed by atoms with E-state index < -0.39 is 12.5 Å². The van der Waals surface area contributed by atoms with Gasteiger partial charge in [-0.3, -0.25) is 4.79 Å². The fraction of sp³-hybridized carbons (Fsp3) is 0.500. The summed E-state index contributed by atoms with van der Waals surface area (Å²) in [4.78, 5) is 11.7. The smallest absolute Gasteiger partial charge is 0.263 e. The summed E-state index contributed by atoms with van der Waals surface area (Å²) in [5, 5.41) is 5.70. The summed E-state index contributed by atoms with van der Waals surface area (Å²) in [5.41, 5.74) is 0.709. The maximum Gasteiger partial charge on any atom is 0.263 e. The van der Waals surface area contributed by atoms with Crippen LogP contribution in [-0.2, 0) is 16.1 Å². The molecule has 0 fully saturated rings. The molecule has 1 amide bonds. The van der Waals surface area contributed by atoms with E-state index in [1.165, 1.54) is 12.1 Å². The predicted molar refractivity (Wildman–Crippen MR) is 72.6 cm³/mol. The average molecular weight is 286 g/mol. The highest BCUT2D eigenvalue weighted by Gasteiger charge is 2.12. The molecule has 0 aliphatic heterocycles. The molecule has 6 heteroatoms. The Morgan fingerprint density at radius 1 is 1.40 bits per heavy atom. The first kappa shape index (κ1) is 16.5. The van der Waals surface area contributed by atoms with Crippen molar-refractivity contribution in [1.29, 1.82) is 0 Å². The van der Waals surface area contributed by atoms with Crippen LogP contribution in [0.1, 0.15) is 24.5 Å². The normalized spacial score (nSPS) is 12.4. The highest BCUT2D eigenvalue weighted by Crippen LogP contribution is 2.19. The van der Waals surface area contributed by atoms with Gasteiger partial charge in [-0.05, 0) is 18.6 Å². The molecule has 0 aliphatic carbocycles.